The van der Waals surface area contributed by atoms with E-state index < -0.39 is 45.8 Å². The highest BCUT2D eigenvalue weighted by Crippen LogP contribution is 2.50. The van der Waals surface area contributed by atoms with Crippen molar-refractivity contribution in [2.75, 3.05) is 0 Å². The summed E-state index contributed by atoms with van der Waals surface area (Å²) < 4.78 is 17.7. The van der Waals surface area contributed by atoms with E-state index in [0.717, 1.165) is 0 Å². The Morgan fingerprint density at radius 1 is 1.31 bits per heavy atom. The first-order chi connectivity index (χ1) is 13.6. The van der Waals surface area contributed by atoms with Gasteiger partial charge in [-0.25, -0.2) is 9.18 Å². The van der Waals surface area contributed by atoms with Gasteiger partial charge in [0.05, 0.1) is 0 Å². The van der Waals surface area contributed by atoms with E-state index in [2.05, 4.69) is 10.5 Å². The van der Waals surface area contributed by atoms with Crippen molar-refractivity contribution in [3.05, 3.63) is 41.4 Å². The second-order valence-corrected chi connectivity index (χ2v) is 9.29. The Morgan fingerprint density at radius 3 is 2.59 bits per heavy atom. The Kier molecular flexibility index (Phi) is 4.41. The Balaban J connectivity index is 1.58. The molecule has 2 aromatic rings. The summed E-state index contributed by atoms with van der Waals surface area (Å²) in [6.45, 7) is 5.09. The normalized spacial score (nSPS) is 24.8. The molecule has 2 saturated heterocycles. The molecule has 0 aliphatic carbocycles. The minimum atomic E-state index is -1.07. The molecule has 0 radical (unpaired) electrons. The predicted octanol–water partition coefficient (Wildman–Crippen LogP) is 2.03. The number of β-lactam (4-membered cyclic amide) rings is 1. The van der Waals surface area contributed by atoms with Gasteiger partial charge in [0.2, 0.25) is 5.91 Å². The number of hydrogen-bond acceptors (Lipinski definition) is 6. The third-order valence-electron chi connectivity index (χ3n) is 5.17. The van der Waals surface area contributed by atoms with E-state index in [1.54, 1.807) is 20.8 Å². The van der Waals surface area contributed by atoms with Crippen LogP contribution in [0.2, 0.25) is 0 Å². The standard InChI is InChI=1S/C19H18FN3O5S/c1-8-11(12(22-28-8)9-4-6-10(20)7-5-9)15(24)21-13-16(25)23-14(18(26)27)19(2,3)29-17(13)23/h4-7,13-14,17H,1-3H3,(H,21,24)(H,26,27)/t13-,14+,17-/m1/s1. The monoisotopic (exact) mass is 419 g/mol. The smallest absolute Gasteiger partial charge is 0.327 e. The number of aliphatic carboxylic acids is 1. The minimum Gasteiger partial charge on any atom is -0.480 e. The third kappa shape index (κ3) is 2.98. The molecule has 3 atom stereocenters. The van der Waals surface area contributed by atoms with Crippen LogP contribution in [0.3, 0.4) is 0 Å². The molecule has 0 bridgehead atoms. The van der Waals surface area contributed by atoms with Crippen LogP contribution in [0, 0.1) is 12.7 Å². The fraction of sp³-hybridized carbons (Fsp3) is 0.368. The van der Waals surface area contributed by atoms with Crippen LogP contribution in [0.25, 0.3) is 11.3 Å². The van der Waals surface area contributed by atoms with Crippen molar-refractivity contribution in [3.63, 3.8) is 0 Å². The molecule has 4 rings (SSSR count). The number of benzene rings is 1. The summed E-state index contributed by atoms with van der Waals surface area (Å²) in [4.78, 5) is 38.4. The molecular formula is C19H18FN3O5S. The maximum atomic E-state index is 13.2. The molecule has 2 N–H and O–H groups in total. The topological polar surface area (TPSA) is 113 Å². The minimum absolute atomic E-state index is 0.153. The van der Waals surface area contributed by atoms with Gasteiger partial charge in [-0.2, -0.15) is 0 Å². The van der Waals surface area contributed by atoms with Crippen LogP contribution in [-0.4, -0.2) is 55.2 Å². The molecule has 2 fully saturated rings. The molecule has 1 aromatic carbocycles. The van der Waals surface area contributed by atoms with E-state index in [4.69, 9.17) is 4.52 Å². The van der Waals surface area contributed by atoms with Crippen LogP contribution >= 0.6 is 11.8 Å². The van der Waals surface area contributed by atoms with Crippen molar-refractivity contribution in [2.24, 2.45) is 0 Å². The molecule has 0 saturated carbocycles. The first-order valence-electron chi connectivity index (χ1n) is 8.87. The predicted molar refractivity (Wildman–Crippen MR) is 102 cm³/mol. The van der Waals surface area contributed by atoms with Gasteiger partial charge in [-0.3, -0.25) is 9.59 Å². The summed E-state index contributed by atoms with van der Waals surface area (Å²) in [7, 11) is 0. The number of amides is 2. The van der Waals surface area contributed by atoms with Gasteiger partial charge in [0.25, 0.3) is 5.91 Å². The van der Waals surface area contributed by atoms with Gasteiger partial charge in [-0.15, -0.1) is 11.8 Å². The maximum absolute atomic E-state index is 13.2. The Hall–Kier alpha value is -2.88. The zero-order chi connectivity index (χ0) is 21.1. The average molecular weight is 419 g/mol. The molecule has 8 nitrogen and oxygen atoms in total. The lowest BCUT2D eigenvalue weighted by atomic mass is 9.95. The highest BCUT2D eigenvalue weighted by Gasteiger charge is 2.64. The van der Waals surface area contributed by atoms with E-state index in [9.17, 15) is 23.9 Å². The Labute approximate surface area is 169 Å². The SMILES string of the molecule is Cc1onc(-c2ccc(F)cc2)c1C(=O)N[C@@H]1C(=O)N2[C@@H]1SC(C)(C)[C@@H]2C(=O)O. The van der Waals surface area contributed by atoms with Crippen molar-refractivity contribution in [2.45, 2.75) is 43.0 Å². The molecule has 152 valence electrons. The molecule has 2 amide bonds. The number of carbonyl (C=O) groups is 3. The average Bonchev–Trinajstić information content (AvgIpc) is 3.15. The fourth-order valence-corrected chi connectivity index (χ4v) is 5.43. The number of aromatic nitrogens is 1. The van der Waals surface area contributed by atoms with Crippen LogP contribution in [0.5, 0.6) is 0 Å². The van der Waals surface area contributed by atoms with Crippen molar-refractivity contribution in [3.8, 4) is 11.3 Å². The zero-order valence-corrected chi connectivity index (χ0v) is 16.6. The molecule has 2 aliphatic heterocycles. The number of rotatable bonds is 4. The van der Waals surface area contributed by atoms with Gasteiger partial charge in [0, 0.05) is 10.3 Å². The van der Waals surface area contributed by atoms with E-state index in [0.29, 0.717) is 5.56 Å². The van der Waals surface area contributed by atoms with Crippen LogP contribution < -0.4 is 5.32 Å². The summed E-state index contributed by atoms with van der Waals surface area (Å²) in [5, 5.41) is 15.6. The Morgan fingerprint density at radius 2 is 1.97 bits per heavy atom. The second-order valence-electron chi connectivity index (χ2n) is 7.52. The van der Waals surface area contributed by atoms with E-state index in [-0.39, 0.29) is 17.0 Å². The summed E-state index contributed by atoms with van der Waals surface area (Å²) in [6.07, 6.45) is 0. The maximum Gasteiger partial charge on any atom is 0.327 e. The number of carboxylic acids is 1. The van der Waals surface area contributed by atoms with E-state index in [1.165, 1.54) is 40.9 Å². The largest absolute Gasteiger partial charge is 0.480 e. The molecule has 3 heterocycles. The first-order valence-corrected chi connectivity index (χ1v) is 9.75. The number of hydrogen-bond donors (Lipinski definition) is 2. The summed E-state index contributed by atoms with van der Waals surface area (Å²) in [5.41, 5.74) is 0.892. The van der Waals surface area contributed by atoms with Crippen LogP contribution in [0.15, 0.2) is 28.8 Å². The molecule has 10 heteroatoms. The zero-order valence-electron chi connectivity index (χ0n) is 15.8. The fourth-order valence-electron chi connectivity index (χ4n) is 3.80. The number of fused-ring (bicyclic) bond motifs is 1. The lowest BCUT2D eigenvalue weighted by Gasteiger charge is -2.43. The van der Waals surface area contributed by atoms with Crippen LogP contribution in [0.1, 0.15) is 30.0 Å². The number of nitrogens with one attached hydrogen (secondary N) is 1. The quantitative estimate of drug-likeness (QED) is 0.729. The number of carbonyl (C=O) groups excluding carboxylic acids is 2. The Bertz CT molecular complexity index is 1020. The van der Waals surface area contributed by atoms with Gasteiger partial charge >= 0.3 is 5.97 Å². The lowest BCUT2D eigenvalue weighted by molar-refractivity contribution is -0.159. The lowest BCUT2D eigenvalue weighted by Crippen LogP contribution is -2.70. The van der Waals surface area contributed by atoms with Gasteiger partial charge in [0.1, 0.15) is 40.3 Å². The van der Waals surface area contributed by atoms with Crippen molar-refractivity contribution >= 4 is 29.5 Å². The van der Waals surface area contributed by atoms with Gasteiger partial charge in [-0.05, 0) is 45.0 Å². The molecule has 29 heavy (non-hydrogen) atoms. The summed E-state index contributed by atoms with van der Waals surface area (Å²) >= 11 is 1.34. The number of aryl methyl sites for hydroxylation is 1. The molecular weight excluding hydrogens is 401 g/mol. The van der Waals surface area contributed by atoms with Crippen molar-refractivity contribution < 1.29 is 28.4 Å². The van der Waals surface area contributed by atoms with E-state index >= 15 is 0 Å². The van der Waals surface area contributed by atoms with Crippen LogP contribution in [-0.2, 0) is 9.59 Å². The molecule has 0 unspecified atom stereocenters. The first kappa shape index (κ1) is 19.4. The number of nitrogens with zero attached hydrogens (tertiary/aromatic N) is 2. The highest BCUT2D eigenvalue weighted by molar-refractivity contribution is 8.01. The van der Waals surface area contributed by atoms with E-state index in [1.807, 2.05) is 0 Å². The number of carboxylic acid groups (broad SMARTS) is 1. The summed E-state index contributed by atoms with van der Waals surface area (Å²) in [6, 6.07) is 3.66. The summed E-state index contributed by atoms with van der Waals surface area (Å²) in [5.74, 6) is -2.23. The number of halogens is 1. The molecule has 2 aliphatic rings. The van der Waals surface area contributed by atoms with Crippen LogP contribution in [0.4, 0.5) is 4.39 Å². The van der Waals surface area contributed by atoms with Crippen molar-refractivity contribution in [1.29, 1.82) is 0 Å². The number of thioether (sulfide) groups is 1. The molecule has 1 aromatic heterocycles. The third-order valence-corrected chi connectivity index (χ3v) is 6.74. The van der Waals surface area contributed by atoms with Gasteiger partial charge < -0.3 is 19.8 Å². The molecule has 0 spiro atoms. The second kappa shape index (κ2) is 6.58. The highest BCUT2D eigenvalue weighted by atomic mass is 32.2. The van der Waals surface area contributed by atoms with Gasteiger partial charge in [-0.1, -0.05) is 5.16 Å². The van der Waals surface area contributed by atoms with Crippen molar-refractivity contribution in [1.82, 2.24) is 15.4 Å². The van der Waals surface area contributed by atoms with Gasteiger partial charge in [0.15, 0.2) is 0 Å².